The Hall–Kier alpha value is -0.570. The van der Waals surface area contributed by atoms with Gasteiger partial charge in [-0.25, -0.2) is 0 Å². The molecule has 3 nitrogen and oxygen atoms in total. The maximum atomic E-state index is 12.2. The monoisotopic (exact) mass is 254 g/mol. The van der Waals surface area contributed by atoms with Gasteiger partial charge >= 0.3 is 0 Å². The summed E-state index contributed by atoms with van der Waals surface area (Å²) in [4.78, 5) is 14.2. The van der Waals surface area contributed by atoms with Crippen LogP contribution in [0.5, 0.6) is 0 Å². The zero-order valence-corrected chi connectivity index (χ0v) is 12.8. The summed E-state index contributed by atoms with van der Waals surface area (Å²) in [7, 11) is 0. The molecule has 1 aliphatic rings. The molecule has 106 valence electrons. The fraction of sp³-hybridized carbons (Fsp3) is 0.933. The normalized spacial score (nSPS) is 24.1. The third-order valence-corrected chi connectivity index (χ3v) is 3.98. The van der Waals surface area contributed by atoms with E-state index < -0.39 is 0 Å². The molecule has 1 unspecified atom stereocenters. The van der Waals surface area contributed by atoms with Gasteiger partial charge in [0.05, 0.1) is 0 Å². The van der Waals surface area contributed by atoms with E-state index in [1.165, 1.54) is 0 Å². The van der Waals surface area contributed by atoms with E-state index in [-0.39, 0.29) is 11.5 Å². The highest BCUT2D eigenvalue weighted by Gasteiger charge is 2.35. The predicted octanol–water partition coefficient (Wildman–Crippen LogP) is 2.79. The largest absolute Gasteiger partial charge is 0.342 e. The van der Waals surface area contributed by atoms with E-state index in [2.05, 4.69) is 34.6 Å². The van der Waals surface area contributed by atoms with Crippen molar-refractivity contribution >= 4 is 5.91 Å². The quantitative estimate of drug-likeness (QED) is 0.842. The second-order valence-electron chi connectivity index (χ2n) is 7.61. The van der Waals surface area contributed by atoms with Crippen molar-refractivity contribution in [3.63, 3.8) is 0 Å². The molecule has 1 amide bonds. The standard InChI is InChI=1S/C15H30N2O/c1-14(2,3)9-6-7-13(18)17-10-8-12(16)15(4,5)11-17/h12H,6-11,16H2,1-5H3. The average molecular weight is 254 g/mol. The van der Waals surface area contributed by atoms with E-state index in [0.29, 0.717) is 17.7 Å². The number of hydrogen-bond acceptors (Lipinski definition) is 2. The Kier molecular flexibility index (Phi) is 4.82. The van der Waals surface area contributed by atoms with Gasteiger partial charge in [-0.3, -0.25) is 4.79 Å². The van der Waals surface area contributed by atoms with Crippen LogP contribution in [0, 0.1) is 10.8 Å². The third kappa shape index (κ3) is 4.60. The Labute approximate surface area is 112 Å². The minimum absolute atomic E-state index is 0.0535. The fourth-order valence-electron chi connectivity index (χ4n) is 2.51. The Balaban J connectivity index is 2.39. The first kappa shape index (κ1) is 15.5. The second-order valence-corrected chi connectivity index (χ2v) is 7.61. The molecule has 0 spiro atoms. The highest BCUT2D eigenvalue weighted by molar-refractivity contribution is 5.76. The van der Waals surface area contributed by atoms with Crippen molar-refractivity contribution in [2.24, 2.45) is 16.6 Å². The Bertz CT molecular complexity index is 291. The van der Waals surface area contributed by atoms with E-state index in [0.717, 1.165) is 32.4 Å². The summed E-state index contributed by atoms with van der Waals surface area (Å²) in [5.74, 6) is 0.305. The van der Waals surface area contributed by atoms with E-state index in [4.69, 9.17) is 5.73 Å². The molecule has 1 rings (SSSR count). The van der Waals surface area contributed by atoms with Gasteiger partial charge in [-0.2, -0.15) is 0 Å². The van der Waals surface area contributed by atoms with Crippen molar-refractivity contribution in [2.45, 2.75) is 66.3 Å². The van der Waals surface area contributed by atoms with Crippen molar-refractivity contribution < 1.29 is 4.79 Å². The number of rotatable bonds is 3. The molecular formula is C15H30N2O. The Morgan fingerprint density at radius 3 is 2.50 bits per heavy atom. The second kappa shape index (κ2) is 5.60. The SMILES string of the molecule is CC(C)(C)CCCC(=O)N1CCC(N)C(C)(C)C1. The maximum absolute atomic E-state index is 12.2. The number of nitrogens with zero attached hydrogens (tertiary/aromatic N) is 1. The van der Waals surface area contributed by atoms with Gasteiger partial charge in [0.2, 0.25) is 5.91 Å². The molecular weight excluding hydrogens is 224 g/mol. The molecule has 0 bridgehead atoms. The number of piperidine rings is 1. The summed E-state index contributed by atoms with van der Waals surface area (Å²) < 4.78 is 0. The van der Waals surface area contributed by atoms with Crippen LogP contribution in [0.3, 0.4) is 0 Å². The molecule has 1 aliphatic heterocycles. The van der Waals surface area contributed by atoms with Gasteiger partial charge in [-0.1, -0.05) is 34.6 Å². The lowest BCUT2D eigenvalue weighted by molar-refractivity contribution is -0.134. The molecule has 0 aliphatic carbocycles. The van der Waals surface area contributed by atoms with Crippen LogP contribution in [-0.4, -0.2) is 29.9 Å². The minimum Gasteiger partial charge on any atom is -0.342 e. The van der Waals surface area contributed by atoms with Gasteiger partial charge in [0.1, 0.15) is 0 Å². The Morgan fingerprint density at radius 2 is 2.00 bits per heavy atom. The molecule has 0 aromatic carbocycles. The third-order valence-electron chi connectivity index (χ3n) is 3.98. The fourth-order valence-corrected chi connectivity index (χ4v) is 2.51. The highest BCUT2D eigenvalue weighted by Crippen LogP contribution is 2.28. The summed E-state index contributed by atoms with van der Waals surface area (Å²) >= 11 is 0. The van der Waals surface area contributed by atoms with Gasteiger partial charge in [0, 0.05) is 25.6 Å². The molecule has 1 atom stereocenters. The van der Waals surface area contributed by atoms with Crippen LogP contribution >= 0.6 is 0 Å². The zero-order valence-electron chi connectivity index (χ0n) is 12.8. The zero-order chi connectivity index (χ0) is 14.0. The molecule has 1 fully saturated rings. The van der Waals surface area contributed by atoms with Crippen LogP contribution in [0.2, 0.25) is 0 Å². The highest BCUT2D eigenvalue weighted by atomic mass is 16.2. The number of hydrogen-bond donors (Lipinski definition) is 1. The molecule has 1 heterocycles. The van der Waals surface area contributed by atoms with E-state index in [9.17, 15) is 4.79 Å². The lowest BCUT2D eigenvalue weighted by Crippen LogP contribution is -2.53. The van der Waals surface area contributed by atoms with Crippen molar-refractivity contribution in [2.75, 3.05) is 13.1 Å². The van der Waals surface area contributed by atoms with Crippen molar-refractivity contribution in [1.82, 2.24) is 4.90 Å². The van der Waals surface area contributed by atoms with Crippen LogP contribution in [0.4, 0.5) is 0 Å². The van der Waals surface area contributed by atoms with Gasteiger partial charge in [-0.05, 0) is 30.1 Å². The molecule has 1 saturated heterocycles. The lowest BCUT2D eigenvalue weighted by Gasteiger charge is -2.42. The number of amides is 1. The van der Waals surface area contributed by atoms with Gasteiger partial charge in [-0.15, -0.1) is 0 Å². The molecule has 2 N–H and O–H groups in total. The summed E-state index contributed by atoms with van der Waals surface area (Å²) in [5.41, 5.74) is 6.47. The molecule has 0 aromatic heterocycles. The average Bonchev–Trinajstić information content (AvgIpc) is 2.20. The maximum Gasteiger partial charge on any atom is 0.222 e. The molecule has 0 radical (unpaired) electrons. The predicted molar refractivity (Wildman–Crippen MR) is 76.3 cm³/mol. The molecule has 0 saturated carbocycles. The van der Waals surface area contributed by atoms with Crippen LogP contribution in [0.15, 0.2) is 0 Å². The first-order valence-electron chi connectivity index (χ1n) is 7.15. The van der Waals surface area contributed by atoms with E-state index >= 15 is 0 Å². The first-order valence-corrected chi connectivity index (χ1v) is 7.15. The van der Waals surface area contributed by atoms with Crippen LogP contribution in [0.1, 0.15) is 60.3 Å². The molecule has 3 heteroatoms. The molecule has 0 aromatic rings. The van der Waals surface area contributed by atoms with Crippen LogP contribution in [-0.2, 0) is 4.79 Å². The van der Waals surface area contributed by atoms with Crippen LogP contribution < -0.4 is 5.73 Å². The van der Waals surface area contributed by atoms with E-state index in [1.807, 2.05) is 4.90 Å². The van der Waals surface area contributed by atoms with Gasteiger partial charge < -0.3 is 10.6 Å². The summed E-state index contributed by atoms with van der Waals surface area (Å²) in [6.45, 7) is 12.6. The Morgan fingerprint density at radius 1 is 1.39 bits per heavy atom. The smallest absolute Gasteiger partial charge is 0.222 e. The lowest BCUT2D eigenvalue weighted by atomic mass is 9.79. The van der Waals surface area contributed by atoms with Crippen molar-refractivity contribution in [1.29, 1.82) is 0 Å². The first-order chi connectivity index (χ1) is 8.12. The van der Waals surface area contributed by atoms with Crippen molar-refractivity contribution in [3.05, 3.63) is 0 Å². The van der Waals surface area contributed by atoms with Crippen molar-refractivity contribution in [3.8, 4) is 0 Å². The van der Waals surface area contributed by atoms with Gasteiger partial charge in [0.25, 0.3) is 0 Å². The summed E-state index contributed by atoms with van der Waals surface area (Å²) in [6, 6.07) is 0.219. The number of nitrogens with two attached hydrogens (primary N) is 1. The number of likely N-dealkylation sites (tertiary alicyclic amines) is 1. The number of carbonyl (C=O) groups is 1. The number of carbonyl (C=O) groups excluding carboxylic acids is 1. The molecule has 18 heavy (non-hydrogen) atoms. The topological polar surface area (TPSA) is 46.3 Å². The summed E-state index contributed by atoms with van der Waals surface area (Å²) in [6.07, 6.45) is 3.71. The van der Waals surface area contributed by atoms with Gasteiger partial charge in [0.15, 0.2) is 0 Å². The summed E-state index contributed by atoms with van der Waals surface area (Å²) in [5, 5.41) is 0. The van der Waals surface area contributed by atoms with Crippen LogP contribution in [0.25, 0.3) is 0 Å². The minimum atomic E-state index is 0.0535. The van der Waals surface area contributed by atoms with E-state index in [1.54, 1.807) is 0 Å².